The van der Waals surface area contributed by atoms with E-state index in [2.05, 4.69) is 40.7 Å². The number of amides is 1. The molecule has 4 rings (SSSR count). The van der Waals surface area contributed by atoms with Gasteiger partial charge in [-0.3, -0.25) is 9.69 Å². The number of hydrogen-bond donors (Lipinski definition) is 1. The Morgan fingerprint density at radius 1 is 1.36 bits per heavy atom. The number of nitrogens with zero attached hydrogens (tertiary/aromatic N) is 1. The van der Waals surface area contributed by atoms with E-state index in [1.54, 1.807) is 17.4 Å². The van der Waals surface area contributed by atoms with Crippen molar-refractivity contribution < 1.29 is 9.53 Å². The van der Waals surface area contributed by atoms with Gasteiger partial charge in [-0.2, -0.15) is 0 Å². The van der Waals surface area contributed by atoms with E-state index in [4.69, 9.17) is 4.74 Å². The van der Waals surface area contributed by atoms with Crippen LogP contribution >= 0.6 is 11.3 Å². The average molecular weight is 397 g/mol. The summed E-state index contributed by atoms with van der Waals surface area (Å²) in [6.45, 7) is 5.94. The summed E-state index contributed by atoms with van der Waals surface area (Å²) in [5, 5.41) is 5.24. The molecule has 0 radical (unpaired) electrons. The molecular weight excluding hydrogens is 368 g/mol. The van der Waals surface area contributed by atoms with Crippen LogP contribution in [-0.4, -0.2) is 37.0 Å². The van der Waals surface area contributed by atoms with Crippen molar-refractivity contribution in [2.45, 2.75) is 32.2 Å². The zero-order valence-electron chi connectivity index (χ0n) is 16.4. The lowest BCUT2D eigenvalue weighted by Crippen LogP contribution is -2.41. The molecule has 4 nitrogen and oxygen atoms in total. The molecular formula is C23H28N2O2S. The fourth-order valence-electron chi connectivity index (χ4n) is 3.97. The maximum Gasteiger partial charge on any atom is 0.244 e. The minimum Gasteiger partial charge on any atom is -0.493 e. The fourth-order valence-corrected chi connectivity index (χ4v) is 4.83. The predicted octanol–water partition coefficient (Wildman–Crippen LogP) is 4.29. The van der Waals surface area contributed by atoms with E-state index in [-0.39, 0.29) is 11.9 Å². The molecule has 1 aromatic carbocycles. The number of likely N-dealkylation sites (tertiary alicyclic amines) is 1. The molecule has 1 N–H and O–H groups in total. The van der Waals surface area contributed by atoms with E-state index in [0.717, 1.165) is 43.3 Å². The van der Waals surface area contributed by atoms with Crippen LogP contribution in [0.5, 0.6) is 5.75 Å². The second-order valence-electron chi connectivity index (χ2n) is 7.79. The smallest absolute Gasteiger partial charge is 0.244 e. The van der Waals surface area contributed by atoms with Crippen molar-refractivity contribution in [3.63, 3.8) is 0 Å². The molecule has 5 heteroatoms. The van der Waals surface area contributed by atoms with E-state index in [1.807, 2.05) is 18.2 Å². The highest BCUT2D eigenvalue weighted by atomic mass is 32.1. The molecule has 1 atom stereocenters. The number of carbonyl (C=O) groups is 1. The first-order chi connectivity index (χ1) is 13.7. The zero-order valence-corrected chi connectivity index (χ0v) is 17.2. The van der Waals surface area contributed by atoms with E-state index in [1.165, 1.54) is 23.3 Å². The van der Waals surface area contributed by atoms with Crippen LogP contribution in [0.3, 0.4) is 0 Å². The predicted molar refractivity (Wildman–Crippen MR) is 115 cm³/mol. The van der Waals surface area contributed by atoms with Crippen molar-refractivity contribution in [2.75, 3.05) is 26.2 Å². The molecule has 0 saturated carbocycles. The van der Waals surface area contributed by atoms with Crippen molar-refractivity contribution in [1.82, 2.24) is 10.2 Å². The van der Waals surface area contributed by atoms with Gasteiger partial charge in [-0.05, 0) is 72.6 Å². The first kappa shape index (κ1) is 19.2. The van der Waals surface area contributed by atoms with Gasteiger partial charge >= 0.3 is 0 Å². The topological polar surface area (TPSA) is 41.6 Å². The van der Waals surface area contributed by atoms with Gasteiger partial charge in [-0.25, -0.2) is 0 Å². The summed E-state index contributed by atoms with van der Waals surface area (Å²) in [4.78, 5) is 16.3. The number of ether oxygens (including phenoxy) is 1. The largest absolute Gasteiger partial charge is 0.493 e. The third-order valence-corrected chi connectivity index (χ3v) is 6.71. The van der Waals surface area contributed by atoms with Gasteiger partial charge in [0.05, 0.1) is 12.6 Å². The Bertz CT molecular complexity index is 823. The Morgan fingerprint density at radius 2 is 2.21 bits per heavy atom. The molecule has 1 fully saturated rings. The summed E-state index contributed by atoms with van der Waals surface area (Å²) in [5.41, 5.74) is 2.26. The van der Waals surface area contributed by atoms with Gasteiger partial charge in [0, 0.05) is 23.9 Å². The molecule has 1 amide bonds. The van der Waals surface area contributed by atoms with Gasteiger partial charge in [-0.1, -0.05) is 19.1 Å². The van der Waals surface area contributed by atoms with Crippen molar-refractivity contribution in [2.24, 2.45) is 5.92 Å². The van der Waals surface area contributed by atoms with E-state index in [0.29, 0.717) is 6.54 Å². The lowest BCUT2D eigenvalue weighted by molar-refractivity contribution is -0.116. The first-order valence-electron chi connectivity index (χ1n) is 10.2. The van der Waals surface area contributed by atoms with E-state index >= 15 is 0 Å². The van der Waals surface area contributed by atoms with Crippen molar-refractivity contribution in [1.29, 1.82) is 0 Å². The molecule has 2 aliphatic heterocycles. The van der Waals surface area contributed by atoms with Crippen LogP contribution in [0, 0.1) is 5.92 Å². The number of nitrogens with one attached hydrogen (secondary N) is 1. The molecule has 2 aromatic rings. The summed E-state index contributed by atoms with van der Waals surface area (Å²) in [5.74, 6) is 1.73. The Balaban J connectivity index is 1.36. The second kappa shape index (κ2) is 8.93. The van der Waals surface area contributed by atoms with Crippen LogP contribution in [0.15, 0.2) is 41.8 Å². The quantitative estimate of drug-likeness (QED) is 0.741. The van der Waals surface area contributed by atoms with E-state index < -0.39 is 0 Å². The Labute approximate surface area is 171 Å². The molecule has 1 saturated heterocycles. The fraction of sp³-hybridized carbons (Fsp3) is 0.435. The Kier molecular flexibility index (Phi) is 6.13. The number of benzene rings is 1. The summed E-state index contributed by atoms with van der Waals surface area (Å²) in [6.07, 6.45) is 6.94. The summed E-state index contributed by atoms with van der Waals surface area (Å²) < 4.78 is 5.54. The second-order valence-corrected chi connectivity index (χ2v) is 8.77. The maximum atomic E-state index is 12.4. The lowest BCUT2D eigenvalue weighted by atomic mass is 9.97. The van der Waals surface area contributed by atoms with Crippen LogP contribution in [0.4, 0.5) is 0 Å². The molecule has 2 aliphatic rings. The molecule has 0 aliphatic carbocycles. The number of piperidine rings is 1. The van der Waals surface area contributed by atoms with E-state index in [9.17, 15) is 4.79 Å². The van der Waals surface area contributed by atoms with Crippen LogP contribution in [0.25, 0.3) is 6.08 Å². The van der Waals surface area contributed by atoms with Crippen LogP contribution in [0.1, 0.15) is 41.8 Å². The zero-order chi connectivity index (χ0) is 19.3. The summed E-state index contributed by atoms with van der Waals surface area (Å²) >= 11 is 1.78. The number of fused-ring (bicyclic) bond motifs is 1. The molecule has 0 bridgehead atoms. The minimum absolute atomic E-state index is 0.0383. The Hall–Kier alpha value is -2.11. The molecule has 1 unspecified atom stereocenters. The van der Waals surface area contributed by atoms with Crippen LogP contribution < -0.4 is 10.1 Å². The summed E-state index contributed by atoms with van der Waals surface area (Å²) in [6, 6.07) is 10.6. The lowest BCUT2D eigenvalue weighted by Gasteiger charge is -2.36. The molecule has 0 spiro atoms. The highest BCUT2D eigenvalue weighted by Crippen LogP contribution is 2.29. The third-order valence-electron chi connectivity index (χ3n) is 5.74. The number of carbonyl (C=O) groups excluding carboxylic acids is 1. The standard InChI is InChI=1S/C23H28N2O2S/c1-17-8-11-25(12-9-17)20(22-3-2-14-28-22)16-24-23(26)7-5-18-4-6-21-19(15-18)10-13-27-21/h2-7,14-15,17,20H,8-13,16H2,1H3,(H,24,26)/b7-5+. The molecule has 148 valence electrons. The number of thiophene rings is 1. The van der Waals surface area contributed by atoms with Gasteiger partial charge in [0.1, 0.15) is 5.75 Å². The van der Waals surface area contributed by atoms with Gasteiger partial charge in [0.15, 0.2) is 0 Å². The molecule has 3 heterocycles. The molecule has 1 aromatic heterocycles. The minimum atomic E-state index is -0.0383. The third kappa shape index (κ3) is 4.65. The van der Waals surface area contributed by atoms with Crippen molar-refractivity contribution in [3.05, 3.63) is 57.8 Å². The molecule has 28 heavy (non-hydrogen) atoms. The van der Waals surface area contributed by atoms with Crippen molar-refractivity contribution in [3.8, 4) is 5.75 Å². The normalized spacial score (nSPS) is 18.8. The number of hydrogen-bond acceptors (Lipinski definition) is 4. The number of rotatable bonds is 6. The van der Waals surface area contributed by atoms with Crippen molar-refractivity contribution >= 4 is 23.3 Å². The van der Waals surface area contributed by atoms with Crippen LogP contribution in [-0.2, 0) is 11.2 Å². The van der Waals surface area contributed by atoms with Gasteiger partial charge < -0.3 is 10.1 Å². The first-order valence-corrected chi connectivity index (χ1v) is 11.1. The highest BCUT2D eigenvalue weighted by Gasteiger charge is 2.25. The highest BCUT2D eigenvalue weighted by molar-refractivity contribution is 7.10. The average Bonchev–Trinajstić information content (AvgIpc) is 3.39. The van der Waals surface area contributed by atoms with Gasteiger partial charge in [0.2, 0.25) is 5.91 Å². The maximum absolute atomic E-state index is 12.4. The Morgan fingerprint density at radius 3 is 3.00 bits per heavy atom. The monoisotopic (exact) mass is 396 g/mol. The SMILES string of the molecule is CC1CCN(C(CNC(=O)/C=C/c2ccc3c(c2)CCO3)c2cccs2)CC1. The van der Waals surface area contributed by atoms with Gasteiger partial charge in [-0.15, -0.1) is 11.3 Å². The summed E-state index contributed by atoms with van der Waals surface area (Å²) in [7, 11) is 0. The van der Waals surface area contributed by atoms with Gasteiger partial charge in [0.25, 0.3) is 0 Å². The van der Waals surface area contributed by atoms with Crippen LogP contribution in [0.2, 0.25) is 0 Å².